The summed E-state index contributed by atoms with van der Waals surface area (Å²) in [5, 5.41) is 0. The fraction of sp³-hybridized carbons (Fsp3) is 0.500. The Labute approximate surface area is 77.3 Å². The van der Waals surface area contributed by atoms with Crippen LogP contribution in [-0.2, 0) is 12.8 Å². The van der Waals surface area contributed by atoms with Crippen molar-refractivity contribution in [2.24, 2.45) is 5.73 Å². The van der Waals surface area contributed by atoms with Crippen molar-refractivity contribution in [3.63, 3.8) is 0 Å². The second kappa shape index (κ2) is 2.91. The number of rotatable bonds is 1. The SMILES string of the molecule is Cc1[nH]c2c(c1C(N)=O)CCCC2. The number of primary amides is 1. The van der Waals surface area contributed by atoms with Gasteiger partial charge in [0.25, 0.3) is 5.91 Å². The van der Waals surface area contributed by atoms with Crippen LogP contribution in [0.1, 0.15) is 40.2 Å². The zero-order chi connectivity index (χ0) is 9.42. The van der Waals surface area contributed by atoms with Crippen LogP contribution in [0.5, 0.6) is 0 Å². The minimum atomic E-state index is -0.295. The standard InChI is InChI=1S/C10H14N2O/c1-6-9(10(11)13)7-4-2-3-5-8(7)12-6/h12H,2-5H2,1H3,(H2,11,13). The lowest BCUT2D eigenvalue weighted by atomic mass is 9.94. The maximum atomic E-state index is 11.2. The van der Waals surface area contributed by atoms with Gasteiger partial charge in [0.1, 0.15) is 0 Å². The first-order valence-corrected chi connectivity index (χ1v) is 4.70. The van der Waals surface area contributed by atoms with Gasteiger partial charge in [0, 0.05) is 11.4 Å². The van der Waals surface area contributed by atoms with E-state index in [1.807, 2.05) is 6.92 Å². The third kappa shape index (κ3) is 1.24. The molecule has 1 aliphatic carbocycles. The van der Waals surface area contributed by atoms with Gasteiger partial charge in [-0.05, 0) is 38.2 Å². The number of nitrogens with two attached hydrogens (primary N) is 1. The Balaban J connectivity index is 2.54. The first kappa shape index (κ1) is 8.35. The van der Waals surface area contributed by atoms with Gasteiger partial charge < -0.3 is 10.7 Å². The molecular formula is C10H14N2O. The van der Waals surface area contributed by atoms with Crippen molar-refractivity contribution in [1.82, 2.24) is 4.98 Å². The van der Waals surface area contributed by atoms with Crippen LogP contribution in [0.2, 0.25) is 0 Å². The monoisotopic (exact) mass is 178 g/mol. The van der Waals surface area contributed by atoms with Gasteiger partial charge in [-0.1, -0.05) is 0 Å². The summed E-state index contributed by atoms with van der Waals surface area (Å²) < 4.78 is 0. The van der Waals surface area contributed by atoms with Crippen LogP contribution in [0.15, 0.2) is 0 Å². The number of carbonyl (C=O) groups is 1. The van der Waals surface area contributed by atoms with E-state index in [1.165, 1.54) is 18.5 Å². The van der Waals surface area contributed by atoms with Crippen LogP contribution in [0.4, 0.5) is 0 Å². The summed E-state index contributed by atoms with van der Waals surface area (Å²) in [5.41, 5.74) is 9.37. The van der Waals surface area contributed by atoms with Crippen LogP contribution >= 0.6 is 0 Å². The van der Waals surface area contributed by atoms with Gasteiger partial charge >= 0.3 is 0 Å². The van der Waals surface area contributed by atoms with E-state index in [4.69, 9.17) is 5.73 Å². The highest BCUT2D eigenvalue weighted by molar-refractivity contribution is 5.96. The van der Waals surface area contributed by atoms with Crippen LogP contribution in [0.3, 0.4) is 0 Å². The van der Waals surface area contributed by atoms with E-state index in [2.05, 4.69) is 4.98 Å². The summed E-state index contributed by atoms with van der Waals surface area (Å²) in [6, 6.07) is 0. The number of aromatic nitrogens is 1. The predicted octanol–water partition coefficient (Wildman–Crippen LogP) is 1.30. The summed E-state index contributed by atoms with van der Waals surface area (Å²) in [5.74, 6) is -0.295. The Hall–Kier alpha value is -1.25. The Kier molecular flexibility index (Phi) is 1.87. The van der Waals surface area contributed by atoms with Gasteiger partial charge in [-0.2, -0.15) is 0 Å². The summed E-state index contributed by atoms with van der Waals surface area (Å²) in [4.78, 5) is 14.4. The van der Waals surface area contributed by atoms with E-state index in [0.717, 1.165) is 29.7 Å². The maximum Gasteiger partial charge on any atom is 0.250 e. The zero-order valence-electron chi connectivity index (χ0n) is 7.81. The molecule has 3 heteroatoms. The van der Waals surface area contributed by atoms with Crippen LogP contribution < -0.4 is 5.73 Å². The smallest absolute Gasteiger partial charge is 0.250 e. The summed E-state index contributed by atoms with van der Waals surface area (Å²) in [7, 11) is 0. The van der Waals surface area contributed by atoms with Crippen molar-refractivity contribution in [1.29, 1.82) is 0 Å². The van der Waals surface area contributed by atoms with Crippen molar-refractivity contribution >= 4 is 5.91 Å². The highest BCUT2D eigenvalue weighted by atomic mass is 16.1. The van der Waals surface area contributed by atoms with Crippen molar-refractivity contribution in [3.8, 4) is 0 Å². The minimum absolute atomic E-state index is 0.295. The number of carbonyl (C=O) groups excluding carboxylic acids is 1. The predicted molar refractivity (Wildman–Crippen MR) is 50.7 cm³/mol. The number of amides is 1. The highest BCUT2D eigenvalue weighted by Gasteiger charge is 2.20. The van der Waals surface area contributed by atoms with Gasteiger partial charge in [0.15, 0.2) is 0 Å². The van der Waals surface area contributed by atoms with E-state index < -0.39 is 0 Å². The van der Waals surface area contributed by atoms with E-state index in [-0.39, 0.29) is 5.91 Å². The fourth-order valence-corrected chi connectivity index (χ4v) is 2.17. The average Bonchev–Trinajstić information content (AvgIpc) is 2.39. The number of aromatic amines is 1. The lowest BCUT2D eigenvalue weighted by Gasteiger charge is -2.11. The molecule has 1 heterocycles. The average molecular weight is 178 g/mol. The number of hydrogen-bond donors (Lipinski definition) is 2. The van der Waals surface area contributed by atoms with Crippen molar-refractivity contribution in [2.45, 2.75) is 32.6 Å². The number of H-pyrrole nitrogens is 1. The zero-order valence-corrected chi connectivity index (χ0v) is 7.81. The normalized spacial score (nSPS) is 15.5. The molecule has 1 aromatic rings. The number of fused-ring (bicyclic) bond motifs is 1. The second-order valence-corrected chi connectivity index (χ2v) is 3.65. The molecule has 2 rings (SSSR count). The maximum absolute atomic E-state index is 11.2. The molecule has 70 valence electrons. The molecule has 13 heavy (non-hydrogen) atoms. The van der Waals surface area contributed by atoms with Crippen molar-refractivity contribution < 1.29 is 4.79 Å². The van der Waals surface area contributed by atoms with E-state index in [0.29, 0.717) is 0 Å². The molecule has 0 radical (unpaired) electrons. The molecule has 3 nitrogen and oxygen atoms in total. The lowest BCUT2D eigenvalue weighted by molar-refractivity contribution is 0.0999. The molecule has 0 bridgehead atoms. The quantitative estimate of drug-likeness (QED) is 0.669. The molecule has 0 spiro atoms. The fourth-order valence-electron chi connectivity index (χ4n) is 2.17. The largest absolute Gasteiger partial charge is 0.366 e. The van der Waals surface area contributed by atoms with E-state index >= 15 is 0 Å². The van der Waals surface area contributed by atoms with Crippen LogP contribution in [-0.4, -0.2) is 10.9 Å². The summed E-state index contributed by atoms with van der Waals surface area (Å²) >= 11 is 0. The van der Waals surface area contributed by atoms with Gasteiger partial charge in [-0.3, -0.25) is 4.79 Å². The van der Waals surface area contributed by atoms with Crippen molar-refractivity contribution in [2.75, 3.05) is 0 Å². The number of nitrogens with one attached hydrogen (secondary N) is 1. The Morgan fingerprint density at radius 3 is 2.77 bits per heavy atom. The second-order valence-electron chi connectivity index (χ2n) is 3.65. The molecule has 0 saturated heterocycles. The minimum Gasteiger partial charge on any atom is -0.366 e. The third-order valence-corrected chi connectivity index (χ3v) is 2.73. The number of hydrogen-bond acceptors (Lipinski definition) is 1. The first-order valence-electron chi connectivity index (χ1n) is 4.70. The molecule has 1 aromatic heterocycles. The Morgan fingerprint density at radius 2 is 2.08 bits per heavy atom. The van der Waals surface area contributed by atoms with Gasteiger partial charge in [-0.15, -0.1) is 0 Å². The van der Waals surface area contributed by atoms with E-state index in [9.17, 15) is 4.79 Å². The first-order chi connectivity index (χ1) is 6.20. The molecule has 0 atom stereocenters. The molecule has 0 aromatic carbocycles. The summed E-state index contributed by atoms with van der Waals surface area (Å²) in [6.45, 7) is 1.92. The molecule has 3 N–H and O–H groups in total. The van der Waals surface area contributed by atoms with Crippen molar-refractivity contribution in [3.05, 3.63) is 22.5 Å². The van der Waals surface area contributed by atoms with E-state index in [1.54, 1.807) is 0 Å². The molecule has 0 saturated carbocycles. The van der Waals surface area contributed by atoms with Gasteiger partial charge in [0.2, 0.25) is 0 Å². The Morgan fingerprint density at radius 1 is 1.38 bits per heavy atom. The third-order valence-electron chi connectivity index (χ3n) is 2.73. The molecule has 1 aliphatic rings. The lowest BCUT2D eigenvalue weighted by Crippen LogP contribution is -2.15. The Bertz CT molecular complexity index is 352. The molecule has 0 unspecified atom stereocenters. The molecule has 0 aliphatic heterocycles. The van der Waals surface area contributed by atoms with Crippen LogP contribution in [0.25, 0.3) is 0 Å². The number of aryl methyl sites for hydroxylation is 2. The van der Waals surface area contributed by atoms with Crippen LogP contribution in [0, 0.1) is 6.92 Å². The summed E-state index contributed by atoms with van der Waals surface area (Å²) in [6.07, 6.45) is 4.44. The van der Waals surface area contributed by atoms with Gasteiger partial charge in [-0.25, -0.2) is 0 Å². The molecular weight excluding hydrogens is 164 g/mol. The molecule has 0 fully saturated rings. The topological polar surface area (TPSA) is 58.9 Å². The van der Waals surface area contributed by atoms with Gasteiger partial charge in [0.05, 0.1) is 5.56 Å². The molecule has 1 amide bonds. The highest BCUT2D eigenvalue weighted by Crippen LogP contribution is 2.26.